The van der Waals surface area contributed by atoms with Gasteiger partial charge in [-0.2, -0.15) is 0 Å². The van der Waals surface area contributed by atoms with E-state index in [1.165, 1.54) is 17.8 Å². The lowest BCUT2D eigenvalue weighted by Gasteiger charge is -2.19. The van der Waals surface area contributed by atoms with Gasteiger partial charge in [0.25, 0.3) is 0 Å². The van der Waals surface area contributed by atoms with Crippen LogP contribution in [0.15, 0.2) is 23.1 Å². The maximum absolute atomic E-state index is 13.6. The molecule has 0 radical (unpaired) electrons. The normalized spacial score (nSPS) is 11.2. The van der Waals surface area contributed by atoms with Gasteiger partial charge in [0.05, 0.1) is 0 Å². The molecule has 0 saturated carbocycles. The highest BCUT2D eigenvalue weighted by molar-refractivity contribution is 7.98. The zero-order valence-corrected chi connectivity index (χ0v) is 11.9. The highest BCUT2D eigenvalue weighted by atomic mass is 32.2. The van der Waals surface area contributed by atoms with Crippen LogP contribution in [0.25, 0.3) is 0 Å². The van der Waals surface area contributed by atoms with Crippen LogP contribution in [0.1, 0.15) is 26.3 Å². The summed E-state index contributed by atoms with van der Waals surface area (Å²) < 4.78 is 18.7. The van der Waals surface area contributed by atoms with Gasteiger partial charge in [0, 0.05) is 17.0 Å². The first-order chi connectivity index (χ1) is 8.31. The third-order valence-electron chi connectivity index (χ3n) is 2.08. The number of rotatable bonds is 3. The van der Waals surface area contributed by atoms with Gasteiger partial charge in [-0.05, 0) is 39.2 Å². The van der Waals surface area contributed by atoms with Crippen LogP contribution in [-0.4, -0.2) is 18.0 Å². The Labute approximate surface area is 111 Å². The van der Waals surface area contributed by atoms with Crippen molar-refractivity contribution in [2.45, 2.75) is 37.8 Å². The summed E-state index contributed by atoms with van der Waals surface area (Å²) in [5.41, 5.74) is -0.107. The van der Waals surface area contributed by atoms with Crippen LogP contribution in [0.4, 0.5) is 9.18 Å². The van der Waals surface area contributed by atoms with E-state index in [-0.39, 0.29) is 12.4 Å². The Morgan fingerprint density at radius 3 is 2.61 bits per heavy atom. The van der Waals surface area contributed by atoms with Crippen molar-refractivity contribution in [1.29, 1.82) is 0 Å². The number of halogens is 1. The first kappa shape index (κ1) is 14.8. The number of hydrogen-bond acceptors (Lipinski definition) is 3. The fourth-order valence-corrected chi connectivity index (χ4v) is 1.71. The van der Waals surface area contributed by atoms with Crippen molar-refractivity contribution in [3.63, 3.8) is 0 Å². The Kier molecular flexibility index (Phi) is 5.02. The van der Waals surface area contributed by atoms with E-state index in [9.17, 15) is 9.18 Å². The first-order valence-electron chi connectivity index (χ1n) is 5.61. The Morgan fingerprint density at radius 2 is 2.11 bits per heavy atom. The molecule has 0 saturated heterocycles. The molecule has 0 aliphatic carbocycles. The summed E-state index contributed by atoms with van der Waals surface area (Å²) in [5.74, 6) is -0.321. The van der Waals surface area contributed by atoms with Crippen LogP contribution < -0.4 is 5.32 Å². The second-order valence-electron chi connectivity index (χ2n) is 4.81. The quantitative estimate of drug-likeness (QED) is 0.854. The van der Waals surface area contributed by atoms with Crippen LogP contribution in [0, 0.1) is 5.82 Å². The van der Waals surface area contributed by atoms with Crippen LogP contribution in [0.2, 0.25) is 0 Å². The van der Waals surface area contributed by atoms with Gasteiger partial charge >= 0.3 is 6.09 Å². The number of carbonyl (C=O) groups excluding carboxylic acids is 1. The Bertz CT molecular complexity index is 429. The first-order valence-corrected chi connectivity index (χ1v) is 6.83. The monoisotopic (exact) mass is 271 g/mol. The van der Waals surface area contributed by atoms with Gasteiger partial charge in [0.15, 0.2) is 0 Å². The number of thioether (sulfide) groups is 1. The lowest BCUT2D eigenvalue weighted by molar-refractivity contribution is 0.0523. The molecule has 0 atom stereocenters. The summed E-state index contributed by atoms with van der Waals surface area (Å²) >= 11 is 1.47. The van der Waals surface area contributed by atoms with Crippen molar-refractivity contribution in [1.82, 2.24) is 5.32 Å². The molecule has 0 spiro atoms. The summed E-state index contributed by atoms with van der Waals surface area (Å²) in [5, 5.41) is 2.53. The van der Waals surface area contributed by atoms with Crippen molar-refractivity contribution in [2.24, 2.45) is 0 Å². The van der Waals surface area contributed by atoms with E-state index in [0.717, 1.165) is 4.90 Å². The molecule has 3 nitrogen and oxygen atoms in total. The summed E-state index contributed by atoms with van der Waals surface area (Å²) in [6, 6.07) is 4.94. The minimum Gasteiger partial charge on any atom is -0.444 e. The van der Waals surface area contributed by atoms with Gasteiger partial charge in [-0.15, -0.1) is 11.8 Å². The number of amides is 1. The van der Waals surface area contributed by atoms with Gasteiger partial charge < -0.3 is 10.1 Å². The summed E-state index contributed by atoms with van der Waals surface area (Å²) in [4.78, 5) is 12.3. The zero-order valence-electron chi connectivity index (χ0n) is 11.0. The molecule has 1 aromatic rings. The molecule has 18 heavy (non-hydrogen) atoms. The van der Waals surface area contributed by atoms with Crippen molar-refractivity contribution < 1.29 is 13.9 Å². The molecule has 1 rings (SSSR count). The molecule has 0 aliphatic rings. The van der Waals surface area contributed by atoms with Gasteiger partial charge in [-0.25, -0.2) is 9.18 Å². The number of ether oxygens (including phenoxy) is 1. The SMILES string of the molecule is CSc1ccc(CNC(=O)OC(C)(C)C)c(F)c1. The maximum Gasteiger partial charge on any atom is 0.407 e. The van der Waals surface area contributed by atoms with Crippen molar-refractivity contribution in [3.05, 3.63) is 29.6 Å². The minimum absolute atomic E-state index is 0.120. The highest BCUT2D eigenvalue weighted by Crippen LogP contribution is 2.18. The largest absolute Gasteiger partial charge is 0.444 e. The average Bonchev–Trinajstić information content (AvgIpc) is 2.25. The molecule has 0 heterocycles. The molecular weight excluding hydrogens is 253 g/mol. The van der Waals surface area contributed by atoms with E-state index in [4.69, 9.17) is 4.74 Å². The maximum atomic E-state index is 13.6. The minimum atomic E-state index is -0.550. The number of benzene rings is 1. The number of carbonyl (C=O) groups is 1. The molecule has 0 aliphatic heterocycles. The molecular formula is C13H18FNO2S. The topological polar surface area (TPSA) is 38.3 Å². The van der Waals surface area contributed by atoms with E-state index in [1.54, 1.807) is 26.8 Å². The second kappa shape index (κ2) is 6.09. The predicted octanol–water partition coefficient (Wildman–Crippen LogP) is 3.57. The van der Waals surface area contributed by atoms with Gasteiger partial charge in [-0.3, -0.25) is 0 Å². The molecule has 0 unspecified atom stereocenters. The lowest BCUT2D eigenvalue weighted by Crippen LogP contribution is -2.32. The van der Waals surface area contributed by atoms with E-state index < -0.39 is 11.7 Å². The molecule has 0 fully saturated rings. The fourth-order valence-electron chi connectivity index (χ4n) is 1.28. The number of hydrogen-bond donors (Lipinski definition) is 1. The molecule has 0 bridgehead atoms. The average molecular weight is 271 g/mol. The third kappa shape index (κ3) is 4.96. The molecule has 5 heteroatoms. The van der Waals surface area contributed by atoms with Crippen LogP contribution in [0.5, 0.6) is 0 Å². The van der Waals surface area contributed by atoms with Gasteiger partial charge in [-0.1, -0.05) is 6.07 Å². The van der Waals surface area contributed by atoms with Crippen LogP contribution >= 0.6 is 11.8 Å². The molecule has 0 aromatic heterocycles. The Balaban J connectivity index is 2.56. The van der Waals surface area contributed by atoms with Crippen LogP contribution in [0.3, 0.4) is 0 Å². The highest BCUT2D eigenvalue weighted by Gasteiger charge is 2.16. The van der Waals surface area contributed by atoms with E-state index in [0.29, 0.717) is 5.56 Å². The van der Waals surface area contributed by atoms with Gasteiger partial charge in [0.1, 0.15) is 11.4 Å². The zero-order chi connectivity index (χ0) is 13.8. The second-order valence-corrected chi connectivity index (χ2v) is 5.69. The number of nitrogens with one attached hydrogen (secondary N) is 1. The third-order valence-corrected chi connectivity index (χ3v) is 2.81. The molecule has 1 aromatic carbocycles. The van der Waals surface area contributed by atoms with Gasteiger partial charge in [0.2, 0.25) is 0 Å². The molecule has 1 amide bonds. The molecule has 100 valence electrons. The molecule has 1 N–H and O–H groups in total. The van der Waals surface area contributed by atoms with Crippen molar-refractivity contribution in [2.75, 3.05) is 6.26 Å². The summed E-state index contributed by atoms with van der Waals surface area (Å²) in [7, 11) is 0. The smallest absolute Gasteiger partial charge is 0.407 e. The van der Waals surface area contributed by atoms with E-state index in [1.807, 2.05) is 12.3 Å². The van der Waals surface area contributed by atoms with E-state index in [2.05, 4.69) is 5.32 Å². The lowest BCUT2D eigenvalue weighted by atomic mass is 10.2. The summed E-state index contributed by atoms with van der Waals surface area (Å²) in [6.45, 7) is 5.46. The predicted molar refractivity (Wildman–Crippen MR) is 71.3 cm³/mol. The Hall–Kier alpha value is -1.23. The van der Waals surface area contributed by atoms with Crippen molar-refractivity contribution in [3.8, 4) is 0 Å². The fraction of sp³-hybridized carbons (Fsp3) is 0.462. The summed E-state index contributed by atoms with van der Waals surface area (Å²) in [6.07, 6.45) is 1.34. The van der Waals surface area contributed by atoms with Crippen molar-refractivity contribution >= 4 is 17.9 Å². The standard InChI is InChI=1S/C13H18FNO2S/c1-13(2,3)17-12(16)15-8-9-5-6-10(18-4)7-11(9)14/h5-7H,8H2,1-4H3,(H,15,16). The number of alkyl carbamates (subject to hydrolysis) is 1. The van der Waals surface area contributed by atoms with E-state index >= 15 is 0 Å². The van der Waals surface area contributed by atoms with Crippen LogP contribution in [-0.2, 0) is 11.3 Å². The Morgan fingerprint density at radius 1 is 1.44 bits per heavy atom.